The number of hydrogen-bond acceptors (Lipinski definition) is 2. The highest BCUT2D eigenvalue weighted by Crippen LogP contribution is 2.40. The van der Waals surface area contributed by atoms with Gasteiger partial charge in [0.05, 0.1) is 13.2 Å². The van der Waals surface area contributed by atoms with Crippen molar-refractivity contribution in [3.05, 3.63) is 41.1 Å². The number of nitrogens with zero attached hydrogens (tertiary/aromatic N) is 1. The van der Waals surface area contributed by atoms with Crippen molar-refractivity contribution in [2.24, 2.45) is 0 Å². The number of fused-ring (bicyclic) bond motifs is 5. The molecule has 110 valence electrons. The highest BCUT2D eigenvalue weighted by molar-refractivity contribution is 5.86. The van der Waals surface area contributed by atoms with E-state index in [1.807, 2.05) is 0 Å². The molecule has 1 saturated heterocycles. The van der Waals surface area contributed by atoms with Crippen LogP contribution < -0.4 is 4.74 Å². The van der Waals surface area contributed by atoms with Crippen molar-refractivity contribution >= 4 is 10.9 Å². The lowest BCUT2D eigenvalue weighted by Gasteiger charge is -2.40. The zero-order valence-electron chi connectivity index (χ0n) is 12.8. The fraction of sp³-hybridized carbons (Fsp3) is 0.444. The van der Waals surface area contributed by atoms with Crippen LogP contribution in [0, 0.1) is 0 Å². The van der Waals surface area contributed by atoms with Crippen LogP contribution in [-0.4, -0.2) is 30.1 Å². The Morgan fingerprint density at radius 1 is 1.33 bits per heavy atom. The van der Waals surface area contributed by atoms with E-state index in [-0.39, 0.29) is 0 Å². The summed E-state index contributed by atoms with van der Waals surface area (Å²) in [4.78, 5) is 6.31. The van der Waals surface area contributed by atoms with Crippen molar-refractivity contribution < 1.29 is 4.74 Å². The Morgan fingerprint density at radius 3 is 3.05 bits per heavy atom. The van der Waals surface area contributed by atoms with Crippen LogP contribution >= 0.6 is 0 Å². The number of H-pyrrole nitrogens is 1. The van der Waals surface area contributed by atoms with Gasteiger partial charge in [-0.25, -0.2) is 0 Å². The number of rotatable bonds is 1. The van der Waals surface area contributed by atoms with Gasteiger partial charge in [-0.1, -0.05) is 11.6 Å². The van der Waals surface area contributed by atoms with Crippen LogP contribution in [0.5, 0.6) is 5.75 Å². The molecular weight excluding hydrogens is 260 g/mol. The summed E-state index contributed by atoms with van der Waals surface area (Å²) in [6.07, 6.45) is 5.91. The van der Waals surface area contributed by atoms with Gasteiger partial charge in [-0.05, 0) is 43.9 Å². The Labute approximate surface area is 125 Å². The van der Waals surface area contributed by atoms with Gasteiger partial charge in [0.15, 0.2) is 0 Å². The molecule has 2 aromatic rings. The summed E-state index contributed by atoms with van der Waals surface area (Å²) >= 11 is 0. The molecular formula is C18H22N2O. The summed E-state index contributed by atoms with van der Waals surface area (Å²) in [5.74, 6) is 0.929. The van der Waals surface area contributed by atoms with Crippen LogP contribution in [0.15, 0.2) is 29.8 Å². The molecule has 1 unspecified atom stereocenters. The Kier molecular flexibility index (Phi) is 3.03. The molecule has 2 aliphatic heterocycles. The first-order chi connectivity index (χ1) is 10.3. The fourth-order valence-electron chi connectivity index (χ4n) is 3.94. The Bertz CT molecular complexity index is 713. The topological polar surface area (TPSA) is 28.3 Å². The molecule has 4 rings (SSSR count). The molecule has 1 aromatic heterocycles. The fourth-order valence-corrected chi connectivity index (χ4v) is 3.94. The van der Waals surface area contributed by atoms with Crippen LogP contribution in [0.3, 0.4) is 0 Å². The van der Waals surface area contributed by atoms with E-state index in [9.17, 15) is 0 Å². The minimum atomic E-state index is 0.566. The smallest absolute Gasteiger partial charge is 0.120 e. The summed E-state index contributed by atoms with van der Waals surface area (Å²) < 4.78 is 5.35. The van der Waals surface area contributed by atoms with Gasteiger partial charge in [-0.15, -0.1) is 0 Å². The maximum absolute atomic E-state index is 5.35. The third-order valence-corrected chi connectivity index (χ3v) is 5.12. The number of allylic oxidation sites excluding steroid dienone is 1. The van der Waals surface area contributed by atoms with E-state index in [0.29, 0.717) is 6.04 Å². The summed E-state index contributed by atoms with van der Waals surface area (Å²) in [6, 6.07) is 6.97. The second kappa shape index (κ2) is 4.92. The Balaban J connectivity index is 1.77. The third-order valence-electron chi connectivity index (χ3n) is 5.12. The van der Waals surface area contributed by atoms with Crippen molar-refractivity contribution in [2.45, 2.75) is 32.2 Å². The highest BCUT2D eigenvalue weighted by Gasteiger charge is 2.33. The molecule has 0 spiro atoms. The summed E-state index contributed by atoms with van der Waals surface area (Å²) in [5, 5.41) is 1.38. The molecule has 1 N–H and O–H groups in total. The van der Waals surface area contributed by atoms with Gasteiger partial charge in [-0.2, -0.15) is 0 Å². The molecule has 1 fully saturated rings. The molecule has 2 aliphatic rings. The van der Waals surface area contributed by atoms with Crippen LogP contribution in [0.4, 0.5) is 0 Å². The molecule has 21 heavy (non-hydrogen) atoms. The number of piperidine rings is 1. The van der Waals surface area contributed by atoms with E-state index in [0.717, 1.165) is 18.7 Å². The molecule has 0 amide bonds. The molecule has 1 atom stereocenters. The third kappa shape index (κ3) is 1.99. The van der Waals surface area contributed by atoms with Gasteiger partial charge in [0.2, 0.25) is 0 Å². The molecule has 1 aromatic carbocycles. The van der Waals surface area contributed by atoms with E-state index in [2.05, 4.69) is 41.1 Å². The zero-order chi connectivity index (χ0) is 14.4. The molecule has 0 bridgehead atoms. The molecule has 3 heteroatoms. The van der Waals surface area contributed by atoms with Gasteiger partial charge >= 0.3 is 0 Å². The van der Waals surface area contributed by atoms with Gasteiger partial charge in [-0.3, -0.25) is 4.90 Å². The van der Waals surface area contributed by atoms with Gasteiger partial charge in [0.25, 0.3) is 0 Å². The van der Waals surface area contributed by atoms with Crippen LogP contribution in [0.25, 0.3) is 10.9 Å². The predicted molar refractivity (Wildman–Crippen MR) is 85.9 cm³/mol. The zero-order valence-corrected chi connectivity index (χ0v) is 12.8. The van der Waals surface area contributed by atoms with E-state index < -0.39 is 0 Å². The van der Waals surface area contributed by atoms with Crippen molar-refractivity contribution in [2.75, 3.05) is 20.2 Å². The first kappa shape index (κ1) is 13.0. The van der Waals surface area contributed by atoms with Crippen molar-refractivity contribution in [1.29, 1.82) is 0 Å². The Morgan fingerprint density at radius 2 is 2.24 bits per heavy atom. The molecule has 3 heterocycles. The highest BCUT2D eigenvalue weighted by atomic mass is 16.5. The number of ether oxygens (including phenoxy) is 1. The largest absolute Gasteiger partial charge is 0.497 e. The maximum atomic E-state index is 5.35. The second-order valence-corrected chi connectivity index (χ2v) is 6.15. The SMILES string of the molecule is CC=C1CCC2c3[nH]c4cc(OC)ccc4c3CCN2C1. The maximum Gasteiger partial charge on any atom is 0.120 e. The summed E-state index contributed by atoms with van der Waals surface area (Å²) in [6.45, 7) is 4.48. The summed E-state index contributed by atoms with van der Waals surface area (Å²) in [5.41, 5.74) is 5.78. The molecule has 0 radical (unpaired) electrons. The van der Waals surface area contributed by atoms with Crippen molar-refractivity contribution in [1.82, 2.24) is 9.88 Å². The number of nitrogens with one attached hydrogen (secondary N) is 1. The molecule has 0 aliphatic carbocycles. The number of methoxy groups -OCH3 is 1. The second-order valence-electron chi connectivity index (χ2n) is 6.15. The van der Waals surface area contributed by atoms with E-state index >= 15 is 0 Å². The molecule has 3 nitrogen and oxygen atoms in total. The Hall–Kier alpha value is -1.74. The first-order valence-electron chi connectivity index (χ1n) is 7.86. The average molecular weight is 282 g/mol. The number of hydrogen-bond donors (Lipinski definition) is 1. The number of benzene rings is 1. The van der Waals surface area contributed by atoms with E-state index in [1.165, 1.54) is 41.5 Å². The quantitative estimate of drug-likeness (QED) is 0.805. The van der Waals surface area contributed by atoms with Crippen LogP contribution in [0.2, 0.25) is 0 Å². The predicted octanol–water partition coefficient (Wildman–Crippen LogP) is 3.82. The monoisotopic (exact) mass is 282 g/mol. The number of aromatic nitrogens is 1. The van der Waals surface area contributed by atoms with E-state index in [1.54, 1.807) is 12.7 Å². The van der Waals surface area contributed by atoms with Gasteiger partial charge in [0, 0.05) is 35.8 Å². The standard InChI is InChI=1S/C18H22N2O/c1-3-12-4-7-17-18-15(8-9-20(17)11-12)14-6-5-13(21-2)10-16(14)19-18/h3,5-6,10,17,19H,4,7-9,11H2,1-2H3. The molecule has 0 saturated carbocycles. The van der Waals surface area contributed by atoms with E-state index in [4.69, 9.17) is 4.74 Å². The van der Waals surface area contributed by atoms with Crippen LogP contribution in [-0.2, 0) is 6.42 Å². The lowest BCUT2D eigenvalue weighted by Crippen LogP contribution is -2.39. The average Bonchev–Trinajstić information content (AvgIpc) is 2.92. The minimum absolute atomic E-state index is 0.566. The minimum Gasteiger partial charge on any atom is -0.497 e. The van der Waals surface area contributed by atoms with Gasteiger partial charge < -0.3 is 9.72 Å². The normalized spacial score (nSPS) is 24.1. The summed E-state index contributed by atoms with van der Waals surface area (Å²) in [7, 11) is 1.73. The lowest BCUT2D eigenvalue weighted by molar-refractivity contribution is 0.165. The first-order valence-corrected chi connectivity index (χ1v) is 7.86. The van der Waals surface area contributed by atoms with Crippen molar-refractivity contribution in [3.8, 4) is 5.75 Å². The van der Waals surface area contributed by atoms with Gasteiger partial charge in [0.1, 0.15) is 5.75 Å². The van der Waals surface area contributed by atoms with Crippen LogP contribution in [0.1, 0.15) is 37.1 Å². The number of aromatic amines is 1. The lowest BCUT2D eigenvalue weighted by atomic mass is 9.89. The van der Waals surface area contributed by atoms with Crippen molar-refractivity contribution in [3.63, 3.8) is 0 Å².